The number of carbonyl (C=O) groups is 1. The predicted octanol–water partition coefficient (Wildman–Crippen LogP) is 5.49. The van der Waals surface area contributed by atoms with Crippen LogP contribution in [0.25, 0.3) is 11.1 Å². The highest BCUT2D eigenvalue weighted by Gasteiger charge is 2.14. The van der Waals surface area contributed by atoms with E-state index in [0.29, 0.717) is 11.6 Å². The van der Waals surface area contributed by atoms with Crippen LogP contribution in [-0.2, 0) is 4.79 Å². The fraction of sp³-hybridized carbons (Fsp3) is 0.316. The summed E-state index contributed by atoms with van der Waals surface area (Å²) in [6.07, 6.45) is 5.17. The minimum atomic E-state index is 0.00409. The Balaban J connectivity index is 1.52. The number of hydrogen-bond donors (Lipinski definition) is 1. The highest BCUT2D eigenvalue weighted by atomic mass is 32.2. The number of anilines is 1. The number of pyridine rings is 1. The van der Waals surface area contributed by atoms with Gasteiger partial charge in [-0.3, -0.25) is 4.79 Å². The molecule has 0 bridgehead atoms. The third kappa shape index (κ3) is 5.21. The van der Waals surface area contributed by atoms with Crippen molar-refractivity contribution >= 4 is 58.0 Å². The molecule has 0 atom stereocenters. The first-order chi connectivity index (χ1) is 13.1. The zero-order chi connectivity index (χ0) is 19.2. The average Bonchev–Trinajstić information content (AvgIpc) is 3.09. The third-order valence-electron chi connectivity index (χ3n) is 3.80. The number of amides is 1. The summed E-state index contributed by atoms with van der Waals surface area (Å²) in [5, 5.41) is 4.54. The molecule has 142 valence electrons. The lowest BCUT2D eigenvalue weighted by molar-refractivity contribution is -0.116. The van der Waals surface area contributed by atoms with Gasteiger partial charge in [0, 0.05) is 22.8 Å². The van der Waals surface area contributed by atoms with Crippen LogP contribution in [-0.4, -0.2) is 34.1 Å². The zero-order valence-electron chi connectivity index (χ0n) is 15.4. The topological polar surface area (TPSA) is 68.0 Å². The van der Waals surface area contributed by atoms with Gasteiger partial charge in [-0.1, -0.05) is 23.9 Å². The predicted molar refractivity (Wildman–Crippen MR) is 115 cm³/mol. The molecule has 1 amide bonds. The number of aromatic nitrogens is 2. The van der Waals surface area contributed by atoms with Crippen molar-refractivity contribution in [3.05, 3.63) is 36.0 Å². The molecule has 5 nitrogen and oxygen atoms in total. The smallest absolute Gasteiger partial charge is 0.256 e. The Morgan fingerprint density at radius 3 is 2.74 bits per heavy atom. The summed E-state index contributed by atoms with van der Waals surface area (Å²) in [6, 6.07) is 9.71. The number of nitrogens with one attached hydrogen (secondary N) is 1. The Bertz CT molecular complexity index is 885. The van der Waals surface area contributed by atoms with E-state index in [9.17, 15) is 4.79 Å². The van der Waals surface area contributed by atoms with Crippen LogP contribution >= 0.6 is 35.3 Å². The standard InChI is InChI=1S/C19H21N3O2S3/c1-12-11-15(25-2)17(18(20-12)26-3)22-16(23)9-6-10-27-19-21-13-7-4-5-8-14(13)24-19/h4-5,7-8,11H,6,9-10H2,1-3H3,(H,22,23). The molecule has 0 radical (unpaired) electrons. The molecular weight excluding hydrogens is 398 g/mol. The summed E-state index contributed by atoms with van der Waals surface area (Å²) in [7, 11) is 0. The molecule has 0 aliphatic heterocycles. The van der Waals surface area contributed by atoms with Gasteiger partial charge < -0.3 is 9.73 Å². The summed E-state index contributed by atoms with van der Waals surface area (Å²) in [4.78, 5) is 22.4. The molecule has 0 unspecified atom stereocenters. The number of benzene rings is 1. The maximum atomic E-state index is 12.4. The van der Waals surface area contributed by atoms with Crippen LogP contribution in [0.1, 0.15) is 18.5 Å². The van der Waals surface area contributed by atoms with Gasteiger partial charge in [-0.2, -0.15) is 0 Å². The van der Waals surface area contributed by atoms with E-state index in [4.69, 9.17) is 4.42 Å². The highest BCUT2D eigenvalue weighted by molar-refractivity contribution is 7.99. The normalized spacial score (nSPS) is 11.1. The first-order valence-electron chi connectivity index (χ1n) is 8.48. The van der Waals surface area contributed by atoms with E-state index in [-0.39, 0.29) is 5.91 Å². The van der Waals surface area contributed by atoms with Gasteiger partial charge in [0.1, 0.15) is 10.5 Å². The molecule has 0 aliphatic rings. The SMILES string of the molecule is CSc1cc(C)nc(SC)c1NC(=O)CCCSc1nc2ccccc2o1. The highest BCUT2D eigenvalue weighted by Crippen LogP contribution is 2.33. The average molecular weight is 420 g/mol. The number of oxazole rings is 1. The van der Waals surface area contributed by atoms with E-state index in [0.717, 1.165) is 44.6 Å². The van der Waals surface area contributed by atoms with Crippen LogP contribution in [0.3, 0.4) is 0 Å². The van der Waals surface area contributed by atoms with Crippen LogP contribution in [0, 0.1) is 6.92 Å². The van der Waals surface area contributed by atoms with Crippen LogP contribution in [0.5, 0.6) is 0 Å². The first-order valence-corrected chi connectivity index (χ1v) is 11.9. The molecule has 0 saturated heterocycles. The van der Waals surface area contributed by atoms with Gasteiger partial charge in [0.15, 0.2) is 5.58 Å². The van der Waals surface area contributed by atoms with Gasteiger partial charge in [0.25, 0.3) is 5.22 Å². The number of fused-ring (bicyclic) bond motifs is 1. The third-order valence-corrected chi connectivity index (χ3v) is 6.16. The van der Waals surface area contributed by atoms with Crippen LogP contribution in [0.15, 0.2) is 49.9 Å². The van der Waals surface area contributed by atoms with E-state index in [1.807, 2.05) is 49.8 Å². The van der Waals surface area contributed by atoms with Crippen molar-refractivity contribution in [3.63, 3.8) is 0 Å². The Hall–Kier alpha value is -1.64. The van der Waals surface area contributed by atoms with E-state index in [1.165, 1.54) is 11.8 Å². The Labute approximate surface area is 171 Å². The number of carbonyl (C=O) groups excluding carboxylic acids is 1. The molecule has 2 heterocycles. The second-order valence-corrected chi connectivity index (χ2v) is 8.49. The summed E-state index contributed by atoms with van der Waals surface area (Å²) >= 11 is 4.69. The number of hydrogen-bond acceptors (Lipinski definition) is 7. The largest absolute Gasteiger partial charge is 0.431 e. The lowest BCUT2D eigenvalue weighted by Crippen LogP contribution is -2.13. The second kappa shape index (κ2) is 9.52. The molecule has 0 spiro atoms. The number of para-hydroxylation sites is 2. The Morgan fingerprint density at radius 2 is 2.00 bits per heavy atom. The second-order valence-electron chi connectivity index (χ2n) is 5.80. The number of aryl methyl sites for hydroxylation is 1. The zero-order valence-corrected chi connectivity index (χ0v) is 17.9. The Morgan fingerprint density at radius 1 is 1.19 bits per heavy atom. The molecule has 8 heteroatoms. The molecule has 1 aromatic carbocycles. The molecule has 1 N–H and O–H groups in total. The number of rotatable bonds is 8. The lowest BCUT2D eigenvalue weighted by atomic mass is 10.3. The fourth-order valence-electron chi connectivity index (χ4n) is 2.55. The van der Waals surface area contributed by atoms with Crippen LogP contribution in [0.2, 0.25) is 0 Å². The van der Waals surface area contributed by atoms with Crippen molar-refractivity contribution in [2.24, 2.45) is 0 Å². The van der Waals surface area contributed by atoms with Gasteiger partial charge in [0.05, 0.1) is 5.69 Å². The van der Waals surface area contributed by atoms with Gasteiger partial charge in [-0.15, -0.1) is 23.5 Å². The van der Waals surface area contributed by atoms with Crippen molar-refractivity contribution < 1.29 is 9.21 Å². The van der Waals surface area contributed by atoms with Gasteiger partial charge >= 0.3 is 0 Å². The quantitative estimate of drug-likeness (QED) is 0.383. The van der Waals surface area contributed by atoms with Gasteiger partial charge in [0.2, 0.25) is 5.91 Å². The maximum absolute atomic E-state index is 12.4. The minimum absolute atomic E-state index is 0.00409. The molecule has 27 heavy (non-hydrogen) atoms. The molecule has 0 saturated carbocycles. The Kier molecular flexibility index (Phi) is 7.09. The molecule has 3 aromatic rings. The number of nitrogens with zero attached hydrogens (tertiary/aromatic N) is 2. The van der Waals surface area contributed by atoms with Gasteiger partial charge in [-0.25, -0.2) is 9.97 Å². The maximum Gasteiger partial charge on any atom is 0.256 e. The van der Waals surface area contributed by atoms with E-state index in [1.54, 1.807) is 23.5 Å². The van der Waals surface area contributed by atoms with Crippen molar-refractivity contribution in [2.45, 2.75) is 34.9 Å². The molecule has 0 aliphatic carbocycles. The molecule has 2 aromatic heterocycles. The van der Waals surface area contributed by atoms with Crippen molar-refractivity contribution in [2.75, 3.05) is 23.6 Å². The fourth-order valence-corrected chi connectivity index (χ4v) is 4.63. The van der Waals surface area contributed by atoms with Crippen molar-refractivity contribution in [3.8, 4) is 0 Å². The van der Waals surface area contributed by atoms with E-state index >= 15 is 0 Å². The van der Waals surface area contributed by atoms with E-state index in [2.05, 4.69) is 15.3 Å². The van der Waals surface area contributed by atoms with Crippen LogP contribution in [0.4, 0.5) is 5.69 Å². The molecule has 0 fully saturated rings. The van der Waals surface area contributed by atoms with Crippen LogP contribution < -0.4 is 5.32 Å². The summed E-state index contributed by atoms with van der Waals surface area (Å²) in [5.41, 5.74) is 3.42. The lowest BCUT2D eigenvalue weighted by Gasteiger charge is -2.13. The summed E-state index contributed by atoms with van der Waals surface area (Å²) in [6.45, 7) is 1.97. The summed E-state index contributed by atoms with van der Waals surface area (Å²) < 4.78 is 5.68. The molecular formula is C19H21N3O2S3. The van der Waals surface area contributed by atoms with E-state index < -0.39 is 0 Å². The van der Waals surface area contributed by atoms with Gasteiger partial charge in [-0.05, 0) is 44.1 Å². The minimum Gasteiger partial charge on any atom is -0.431 e. The first kappa shape index (κ1) is 20.1. The van der Waals surface area contributed by atoms with Crippen molar-refractivity contribution in [1.82, 2.24) is 9.97 Å². The monoisotopic (exact) mass is 419 g/mol. The van der Waals surface area contributed by atoms with Crippen molar-refractivity contribution in [1.29, 1.82) is 0 Å². The summed E-state index contributed by atoms with van der Waals surface area (Å²) in [5.74, 6) is 0.779. The number of thioether (sulfide) groups is 3. The molecule has 3 rings (SSSR count).